The van der Waals surface area contributed by atoms with Crippen LogP contribution in [-0.4, -0.2) is 24.8 Å². The second kappa shape index (κ2) is 3.61. The summed E-state index contributed by atoms with van der Waals surface area (Å²) in [7, 11) is 0. The van der Waals surface area contributed by atoms with Gasteiger partial charge < -0.3 is 0 Å². The first-order valence-corrected chi connectivity index (χ1v) is 4.92. The van der Waals surface area contributed by atoms with Gasteiger partial charge in [-0.3, -0.25) is 5.10 Å². The van der Waals surface area contributed by atoms with Gasteiger partial charge in [0, 0.05) is 11.8 Å². The van der Waals surface area contributed by atoms with Crippen LogP contribution in [0.2, 0.25) is 0 Å². The third-order valence-corrected chi connectivity index (χ3v) is 2.11. The first-order chi connectivity index (χ1) is 6.40. The Balaban J connectivity index is 2.23. The molecule has 13 heavy (non-hydrogen) atoms. The Morgan fingerprint density at radius 3 is 3.15 bits per heavy atom. The summed E-state index contributed by atoms with van der Waals surface area (Å²) in [5.41, 5.74) is 0.739. The van der Waals surface area contributed by atoms with Gasteiger partial charge in [0.25, 0.3) is 0 Å². The van der Waals surface area contributed by atoms with E-state index in [1.54, 1.807) is 0 Å². The predicted molar refractivity (Wildman–Crippen MR) is 49.3 cm³/mol. The molecule has 0 atom stereocenters. The highest BCUT2D eigenvalue weighted by Gasteiger charge is 2.07. The van der Waals surface area contributed by atoms with Crippen molar-refractivity contribution in [3.63, 3.8) is 0 Å². The van der Waals surface area contributed by atoms with E-state index in [1.165, 1.54) is 11.5 Å². The van der Waals surface area contributed by atoms with Crippen molar-refractivity contribution >= 4 is 11.5 Å². The summed E-state index contributed by atoms with van der Waals surface area (Å²) < 4.78 is 3.75. The van der Waals surface area contributed by atoms with Gasteiger partial charge in [0.1, 0.15) is 11.5 Å². The molecule has 68 valence electrons. The Labute approximate surface area is 79.4 Å². The van der Waals surface area contributed by atoms with E-state index in [2.05, 4.69) is 31.7 Å². The van der Waals surface area contributed by atoms with Gasteiger partial charge in [0.05, 0.1) is 0 Å². The van der Waals surface area contributed by atoms with Crippen LogP contribution in [0.1, 0.15) is 19.2 Å². The fourth-order valence-corrected chi connectivity index (χ4v) is 1.46. The molecule has 2 rings (SSSR count). The first kappa shape index (κ1) is 8.31. The molecule has 2 heterocycles. The van der Waals surface area contributed by atoms with Crippen LogP contribution < -0.4 is 0 Å². The molecule has 0 amide bonds. The molecule has 0 aliphatic heterocycles. The average Bonchev–Trinajstić information content (AvgIpc) is 2.70. The zero-order chi connectivity index (χ0) is 9.10. The van der Waals surface area contributed by atoms with Crippen molar-refractivity contribution < 1.29 is 0 Å². The maximum Gasteiger partial charge on any atom is 0.202 e. The molecule has 0 fully saturated rings. The standard InChI is InChI=1S/C7H9N5S/c1-2-3-6-8-7(11-10-6)5-4-13-12-9-5/h4H,2-3H2,1H3,(H,8,10,11). The van der Waals surface area contributed by atoms with E-state index in [1.807, 2.05) is 5.38 Å². The molecule has 0 saturated carbocycles. The van der Waals surface area contributed by atoms with Crippen LogP contribution >= 0.6 is 11.5 Å². The van der Waals surface area contributed by atoms with Gasteiger partial charge in [-0.25, -0.2) is 4.98 Å². The van der Waals surface area contributed by atoms with Crippen LogP contribution in [0.15, 0.2) is 5.38 Å². The lowest BCUT2D eigenvalue weighted by Gasteiger charge is -1.85. The van der Waals surface area contributed by atoms with Crippen molar-refractivity contribution in [2.45, 2.75) is 19.8 Å². The highest BCUT2D eigenvalue weighted by Crippen LogP contribution is 2.12. The minimum Gasteiger partial charge on any atom is -0.263 e. The van der Waals surface area contributed by atoms with Gasteiger partial charge >= 0.3 is 0 Å². The van der Waals surface area contributed by atoms with Gasteiger partial charge in [-0.1, -0.05) is 11.4 Å². The highest BCUT2D eigenvalue weighted by atomic mass is 32.1. The molecule has 6 heteroatoms. The van der Waals surface area contributed by atoms with E-state index in [-0.39, 0.29) is 0 Å². The molecular formula is C7H9N5S. The van der Waals surface area contributed by atoms with Crippen LogP contribution in [0.5, 0.6) is 0 Å². The first-order valence-electron chi connectivity index (χ1n) is 4.09. The lowest BCUT2D eigenvalue weighted by molar-refractivity contribution is 0.841. The topological polar surface area (TPSA) is 67.3 Å². The number of hydrogen-bond acceptors (Lipinski definition) is 5. The van der Waals surface area contributed by atoms with E-state index in [9.17, 15) is 0 Å². The maximum atomic E-state index is 4.28. The van der Waals surface area contributed by atoms with Crippen LogP contribution in [0.4, 0.5) is 0 Å². The SMILES string of the molecule is CCCc1nc(-c2csnn2)n[nH]1. The Hall–Kier alpha value is -1.30. The average molecular weight is 195 g/mol. The van der Waals surface area contributed by atoms with E-state index < -0.39 is 0 Å². The molecule has 5 nitrogen and oxygen atoms in total. The maximum absolute atomic E-state index is 4.28. The molecule has 0 saturated heterocycles. The quantitative estimate of drug-likeness (QED) is 0.801. The summed E-state index contributed by atoms with van der Waals surface area (Å²) >= 11 is 1.30. The van der Waals surface area contributed by atoms with E-state index in [0.717, 1.165) is 24.4 Å². The summed E-state index contributed by atoms with van der Waals surface area (Å²) in [4.78, 5) is 4.28. The Morgan fingerprint density at radius 2 is 2.46 bits per heavy atom. The fraction of sp³-hybridized carbons (Fsp3) is 0.429. The third-order valence-electron chi connectivity index (χ3n) is 1.61. The largest absolute Gasteiger partial charge is 0.263 e. The predicted octanol–water partition coefficient (Wildman–Crippen LogP) is 1.28. The molecule has 0 radical (unpaired) electrons. The van der Waals surface area contributed by atoms with Crippen molar-refractivity contribution in [2.75, 3.05) is 0 Å². The second-order valence-electron chi connectivity index (χ2n) is 2.65. The number of nitrogens with one attached hydrogen (secondary N) is 1. The van der Waals surface area contributed by atoms with Gasteiger partial charge in [-0.2, -0.15) is 5.10 Å². The summed E-state index contributed by atoms with van der Waals surface area (Å²) in [6, 6.07) is 0. The highest BCUT2D eigenvalue weighted by molar-refractivity contribution is 7.03. The number of aromatic nitrogens is 5. The Bertz CT molecular complexity index is 366. The summed E-state index contributed by atoms with van der Waals surface area (Å²) in [6.07, 6.45) is 1.98. The summed E-state index contributed by atoms with van der Waals surface area (Å²) in [5, 5.41) is 12.6. The second-order valence-corrected chi connectivity index (χ2v) is 3.26. The number of aromatic amines is 1. The molecule has 0 aromatic carbocycles. The lowest BCUT2D eigenvalue weighted by atomic mass is 10.3. The van der Waals surface area contributed by atoms with Crippen molar-refractivity contribution in [1.82, 2.24) is 24.8 Å². The van der Waals surface area contributed by atoms with Crippen molar-refractivity contribution in [1.29, 1.82) is 0 Å². The minimum atomic E-state index is 0.636. The van der Waals surface area contributed by atoms with Gasteiger partial charge in [-0.15, -0.1) is 5.10 Å². The number of nitrogens with zero attached hydrogens (tertiary/aromatic N) is 4. The summed E-state index contributed by atoms with van der Waals surface area (Å²) in [5.74, 6) is 1.54. The zero-order valence-electron chi connectivity index (χ0n) is 7.19. The molecule has 0 spiro atoms. The monoisotopic (exact) mass is 195 g/mol. The third kappa shape index (κ3) is 1.72. The Kier molecular flexibility index (Phi) is 2.31. The van der Waals surface area contributed by atoms with Gasteiger partial charge in [-0.05, 0) is 18.0 Å². The molecule has 0 bridgehead atoms. The van der Waals surface area contributed by atoms with Crippen molar-refractivity contribution in [3.8, 4) is 11.5 Å². The molecule has 0 aliphatic rings. The lowest BCUT2D eigenvalue weighted by Crippen LogP contribution is -1.85. The van der Waals surface area contributed by atoms with Crippen molar-refractivity contribution in [2.24, 2.45) is 0 Å². The van der Waals surface area contributed by atoms with Crippen LogP contribution in [0.25, 0.3) is 11.5 Å². The van der Waals surface area contributed by atoms with Crippen LogP contribution in [-0.2, 0) is 6.42 Å². The zero-order valence-corrected chi connectivity index (χ0v) is 8.01. The van der Waals surface area contributed by atoms with Gasteiger partial charge in [0.15, 0.2) is 0 Å². The van der Waals surface area contributed by atoms with Gasteiger partial charge in [0.2, 0.25) is 5.82 Å². The molecule has 0 unspecified atom stereocenters. The molecule has 1 N–H and O–H groups in total. The number of hydrogen-bond donors (Lipinski definition) is 1. The van der Waals surface area contributed by atoms with E-state index in [4.69, 9.17) is 0 Å². The smallest absolute Gasteiger partial charge is 0.202 e. The number of rotatable bonds is 3. The van der Waals surface area contributed by atoms with Crippen molar-refractivity contribution in [3.05, 3.63) is 11.2 Å². The molecule has 2 aromatic heterocycles. The van der Waals surface area contributed by atoms with E-state index in [0.29, 0.717) is 5.82 Å². The Morgan fingerprint density at radius 1 is 1.54 bits per heavy atom. The van der Waals surface area contributed by atoms with E-state index >= 15 is 0 Å². The fourth-order valence-electron chi connectivity index (χ4n) is 1.02. The van der Waals surface area contributed by atoms with Crippen LogP contribution in [0, 0.1) is 0 Å². The molecule has 0 aliphatic carbocycles. The van der Waals surface area contributed by atoms with Crippen LogP contribution in [0.3, 0.4) is 0 Å². The minimum absolute atomic E-state index is 0.636. The number of H-pyrrole nitrogens is 1. The molecular weight excluding hydrogens is 186 g/mol. The molecule has 2 aromatic rings. The number of aryl methyl sites for hydroxylation is 1. The normalized spacial score (nSPS) is 10.5. The summed E-state index contributed by atoms with van der Waals surface area (Å²) in [6.45, 7) is 2.10.